The Morgan fingerprint density at radius 2 is 1.77 bits per heavy atom. The topological polar surface area (TPSA) is 99.1 Å². The normalized spacial score (nSPS) is 15.8. The van der Waals surface area contributed by atoms with Gasteiger partial charge in [-0.15, -0.1) is 0 Å². The number of carbonyl (C=O) groups is 1. The second-order valence-corrected chi connectivity index (χ2v) is 13.0. The fraction of sp³-hybridized carbons (Fsp3) is 0.406. The van der Waals surface area contributed by atoms with Gasteiger partial charge in [-0.05, 0) is 84.2 Å². The highest BCUT2D eigenvalue weighted by Crippen LogP contribution is 2.39. The summed E-state index contributed by atoms with van der Waals surface area (Å²) >= 11 is 0. The molecule has 40 heavy (non-hydrogen) atoms. The fourth-order valence-electron chi connectivity index (χ4n) is 5.44. The summed E-state index contributed by atoms with van der Waals surface area (Å²) in [6.45, 7) is 2.98. The Bertz CT molecular complexity index is 1480. The van der Waals surface area contributed by atoms with Gasteiger partial charge in [-0.1, -0.05) is 31.2 Å². The second kappa shape index (κ2) is 12.3. The highest BCUT2D eigenvalue weighted by Gasteiger charge is 2.25. The van der Waals surface area contributed by atoms with Gasteiger partial charge in [0.2, 0.25) is 0 Å². The molecule has 3 aromatic carbocycles. The zero-order chi connectivity index (χ0) is 28.1. The molecule has 1 atom stereocenters. The first-order chi connectivity index (χ1) is 19.3. The molecule has 3 aromatic rings. The van der Waals surface area contributed by atoms with Crippen molar-refractivity contribution < 1.29 is 32.5 Å². The number of sulfone groups is 1. The molecule has 5 rings (SSSR count). The molecule has 0 fully saturated rings. The van der Waals surface area contributed by atoms with E-state index in [0.29, 0.717) is 32.7 Å². The van der Waals surface area contributed by atoms with Gasteiger partial charge in [-0.3, -0.25) is 4.79 Å². The summed E-state index contributed by atoms with van der Waals surface area (Å²) in [6.07, 6.45) is 4.20. The maximum Gasteiger partial charge on any atom is 0.303 e. The maximum atomic E-state index is 11.7. The van der Waals surface area contributed by atoms with E-state index in [1.807, 2.05) is 24.3 Å². The van der Waals surface area contributed by atoms with Gasteiger partial charge in [0.05, 0.1) is 19.0 Å². The molecule has 1 aliphatic carbocycles. The van der Waals surface area contributed by atoms with Crippen molar-refractivity contribution >= 4 is 15.8 Å². The summed E-state index contributed by atoms with van der Waals surface area (Å²) in [5.74, 6) is 1.90. The summed E-state index contributed by atoms with van der Waals surface area (Å²) in [7, 11) is -2.98. The van der Waals surface area contributed by atoms with Gasteiger partial charge in [-0.2, -0.15) is 0 Å². The van der Waals surface area contributed by atoms with E-state index in [1.165, 1.54) is 22.3 Å². The van der Waals surface area contributed by atoms with Crippen molar-refractivity contribution in [2.45, 2.75) is 58.0 Å². The van der Waals surface area contributed by atoms with Crippen LogP contribution < -0.4 is 14.2 Å². The molecule has 0 amide bonds. The van der Waals surface area contributed by atoms with E-state index < -0.39 is 15.8 Å². The molecule has 0 spiro atoms. The van der Waals surface area contributed by atoms with Crippen LogP contribution >= 0.6 is 0 Å². The van der Waals surface area contributed by atoms with Crippen LogP contribution in [0, 0.1) is 0 Å². The Kier molecular flexibility index (Phi) is 8.64. The van der Waals surface area contributed by atoms with E-state index in [9.17, 15) is 13.2 Å². The lowest BCUT2D eigenvalue weighted by molar-refractivity contribution is -0.137. The summed E-state index contributed by atoms with van der Waals surface area (Å²) in [4.78, 5) is 10.9. The standard InChI is InChI=1S/C32H36O7S/c1-2-40(35,36)16-4-15-37-26-10-12-28-24(18-26)6-3-5-23-8-7-22(17-30(23)28)20-38-27-11-13-29-25(9-14-32(33)34)21-39-31(29)19-27/h7-8,10-13,17-19,25H,2-6,9,14-16,20-21H2,1H3,(H,33,34)/t25-/m1/s1. The lowest BCUT2D eigenvalue weighted by Gasteiger charge is -2.14. The quantitative estimate of drug-likeness (QED) is 0.271. The predicted octanol–water partition coefficient (Wildman–Crippen LogP) is 5.97. The lowest BCUT2D eigenvalue weighted by Crippen LogP contribution is -2.11. The van der Waals surface area contributed by atoms with E-state index in [-0.39, 0.29) is 23.8 Å². The van der Waals surface area contributed by atoms with Crippen molar-refractivity contribution in [3.05, 3.63) is 76.9 Å². The molecule has 0 saturated heterocycles. The summed E-state index contributed by atoms with van der Waals surface area (Å²) in [5, 5.41) is 8.99. The first-order valence-corrected chi connectivity index (χ1v) is 15.8. The van der Waals surface area contributed by atoms with Gasteiger partial charge in [0.25, 0.3) is 0 Å². The average Bonchev–Trinajstić information content (AvgIpc) is 3.26. The molecule has 2 aliphatic rings. The van der Waals surface area contributed by atoms with E-state index >= 15 is 0 Å². The molecule has 1 N–H and O–H groups in total. The molecular weight excluding hydrogens is 528 g/mol. The zero-order valence-corrected chi connectivity index (χ0v) is 23.7. The predicted molar refractivity (Wildman–Crippen MR) is 154 cm³/mol. The number of fused-ring (bicyclic) bond motifs is 4. The maximum absolute atomic E-state index is 11.7. The smallest absolute Gasteiger partial charge is 0.303 e. The Balaban J connectivity index is 1.24. The van der Waals surface area contributed by atoms with Gasteiger partial charge in [0.1, 0.15) is 33.7 Å². The van der Waals surface area contributed by atoms with Crippen molar-refractivity contribution in [1.29, 1.82) is 0 Å². The van der Waals surface area contributed by atoms with Gasteiger partial charge < -0.3 is 19.3 Å². The average molecular weight is 565 g/mol. The highest BCUT2D eigenvalue weighted by molar-refractivity contribution is 7.91. The third-order valence-corrected chi connectivity index (χ3v) is 9.51. The number of rotatable bonds is 12. The molecule has 0 aromatic heterocycles. The summed E-state index contributed by atoms with van der Waals surface area (Å²) in [6, 6.07) is 18.5. The summed E-state index contributed by atoms with van der Waals surface area (Å²) in [5.41, 5.74) is 7.10. The molecule has 0 saturated carbocycles. The number of aliphatic carboxylic acids is 1. The first kappa shape index (κ1) is 28.0. The monoisotopic (exact) mass is 564 g/mol. The molecule has 0 unspecified atom stereocenters. The van der Waals surface area contributed by atoms with Crippen LogP contribution in [0.15, 0.2) is 54.6 Å². The Morgan fingerprint density at radius 3 is 2.60 bits per heavy atom. The Labute approximate surface area is 236 Å². The molecule has 0 radical (unpaired) electrons. The molecule has 1 heterocycles. The second-order valence-electron chi connectivity index (χ2n) is 10.5. The van der Waals surface area contributed by atoms with Gasteiger partial charge in [0, 0.05) is 29.7 Å². The first-order valence-electron chi connectivity index (χ1n) is 14.0. The summed E-state index contributed by atoms with van der Waals surface area (Å²) < 4.78 is 41.3. The van der Waals surface area contributed by atoms with E-state index in [2.05, 4.69) is 30.3 Å². The third kappa shape index (κ3) is 6.78. The molecule has 7 nitrogen and oxygen atoms in total. The molecule has 212 valence electrons. The minimum Gasteiger partial charge on any atom is -0.494 e. The van der Waals surface area contributed by atoms with Crippen molar-refractivity contribution in [2.24, 2.45) is 0 Å². The molecule has 1 aliphatic heterocycles. The van der Waals surface area contributed by atoms with Gasteiger partial charge in [-0.25, -0.2) is 8.42 Å². The number of benzene rings is 3. The van der Waals surface area contributed by atoms with E-state index in [0.717, 1.165) is 47.6 Å². The van der Waals surface area contributed by atoms with Crippen molar-refractivity contribution in [3.8, 4) is 28.4 Å². The fourth-order valence-corrected chi connectivity index (χ4v) is 6.29. The third-order valence-electron chi connectivity index (χ3n) is 7.72. The van der Waals surface area contributed by atoms with Crippen molar-refractivity contribution in [1.82, 2.24) is 0 Å². The van der Waals surface area contributed by atoms with Gasteiger partial charge in [0.15, 0.2) is 0 Å². The number of aryl methyl sites for hydroxylation is 2. The van der Waals surface area contributed by atoms with Crippen molar-refractivity contribution in [3.63, 3.8) is 0 Å². The van der Waals surface area contributed by atoms with Crippen LogP contribution in [0.25, 0.3) is 11.1 Å². The largest absolute Gasteiger partial charge is 0.494 e. The Morgan fingerprint density at radius 1 is 0.975 bits per heavy atom. The number of carboxylic acids is 1. The van der Waals surface area contributed by atoms with Crippen LogP contribution in [0.1, 0.15) is 60.8 Å². The Hall–Kier alpha value is -3.52. The van der Waals surface area contributed by atoms with Gasteiger partial charge >= 0.3 is 5.97 Å². The number of hydrogen-bond donors (Lipinski definition) is 1. The zero-order valence-electron chi connectivity index (χ0n) is 22.9. The lowest BCUT2D eigenvalue weighted by atomic mass is 9.95. The minimum absolute atomic E-state index is 0.105. The number of ether oxygens (including phenoxy) is 3. The minimum atomic E-state index is -2.98. The highest BCUT2D eigenvalue weighted by atomic mass is 32.2. The molecular formula is C32H36O7S. The SMILES string of the molecule is CCS(=O)(=O)CCCOc1ccc2c(c1)CCCc1ccc(COc3ccc4c(c3)OC[C@H]4CCC(=O)O)cc1-2. The van der Waals surface area contributed by atoms with E-state index in [1.54, 1.807) is 6.92 Å². The van der Waals surface area contributed by atoms with Crippen LogP contribution in [-0.2, 0) is 34.1 Å². The number of carboxylic acid groups (broad SMARTS) is 1. The van der Waals surface area contributed by atoms with Crippen LogP contribution in [0.2, 0.25) is 0 Å². The molecule has 8 heteroatoms. The van der Waals surface area contributed by atoms with Crippen LogP contribution in [0.5, 0.6) is 17.2 Å². The number of hydrogen-bond acceptors (Lipinski definition) is 6. The van der Waals surface area contributed by atoms with Crippen LogP contribution in [0.3, 0.4) is 0 Å². The van der Waals surface area contributed by atoms with Crippen LogP contribution in [0.4, 0.5) is 0 Å². The van der Waals surface area contributed by atoms with Crippen LogP contribution in [-0.4, -0.2) is 44.2 Å². The van der Waals surface area contributed by atoms with Crippen molar-refractivity contribution in [2.75, 3.05) is 24.7 Å². The van der Waals surface area contributed by atoms with E-state index in [4.69, 9.17) is 19.3 Å². The molecule has 0 bridgehead atoms.